The molecule has 0 spiro atoms. The maximum atomic E-state index is 12.4. The van der Waals surface area contributed by atoms with Gasteiger partial charge in [-0.2, -0.15) is 13.2 Å². The maximum absolute atomic E-state index is 12.4. The van der Waals surface area contributed by atoms with E-state index >= 15 is 0 Å². The number of carbonyl (C=O) groups is 1. The molecule has 0 heterocycles. The quantitative estimate of drug-likeness (QED) is 0.735. The molecule has 0 atom stereocenters. The van der Waals surface area contributed by atoms with Crippen LogP contribution in [0.3, 0.4) is 0 Å². The van der Waals surface area contributed by atoms with E-state index in [1.807, 2.05) is 0 Å². The van der Waals surface area contributed by atoms with Gasteiger partial charge in [-0.05, 0) is 12.1 Å². The third-order valence-electron chi connectivity index (χ3n) is 1.66. The lowest BCUT2D eigenvalue weighted by Gasteiger charge is -2.12. The van der Waals surface area contributed by atoms with Crippen LogP contribution in [0.1, 0.15) is 15.9 Å². The Morgan fingerprint density at radius 3 is 2.27 bits per heavy atom. The number of alkyl halides is 3. The Morgan fingerprint density at radius 1 is 1.33 bits per heavy atom. The van der Waals surface area contributed by atoms with Crippen molar-refractivity contribution in [3.63, 3.8) is 0 Å². The van der Waals surface area contributed by atoms with E-state index in [1.165, 1.54) is 0 Å². The molecule has 0 saturated heterocycles. The Balaban J connectivity index is 3.54. The zero-order valence-electron chi connectivity index (χ0n) is 7.23. The van der Waals surface area contributed by atoms with E-state index in [0.717, 1.165) is 6.07 Å². The highest BCUT2D eigenvalue weighted by atomic mass is 35.5. The second-order valence-corrected chi connectivity index (χ2v) is 3.19. The summed E-state index contributed by atoms with van der Waals surface area (Å²) in [7, 11) is 0. The Labute approximate surface area is 87.8 Å². The zero-order valence-corrected chi connectivity index (χ0v) is 7.99. The molecule has 3 nitrogen and oxygen atoms in total. The lowest BCUT2D eigenvalue weighted by Crippen LogP contribution is -2.19. The fourth-order valence-electron chi connectivity index (χ4n) is 1.10. The molecule has 1 amide bonds. The van der Waals surface area contributed by atoms with Gasteiger partial charge in [-0.3, -0.25) is 4.79 Å². The molecule has 0 aromatic heterocycles. The smallest absolute Gasteiger partial charge is 0.399 e. The molecule has 0 fully saturated rings. The molecule has 82 valence electrons. The minimum Gasteiger partial charge on any atom is -0.399 e. The normalized spacial score (nSPS) is 11.5. The number of halogens is 4. The van der Waals surface area contributed by atoms with Crippen LogP contribution in [0.15, 0.2) is 12.1 Å². The van der Waals surface area contributed by atoms with Gasteiger partial charge < -0.3 is 11.5 Å². The Morgan fingerprint density at radius 2 is 1.87 bits per heavy atom. The van der Waals surface area contributed by atoms with Gasteiger partial charge in [-0.1, -0.05) is 11.6 Å². The monoisotopic (exact) mass is 238 g/mol. The summed E-state index contributed by atoms with van der Waals surface area (Å²) in [5.41, 5.74) is 7.82. The highest BCUT2D eigenvalue weighted by molar-refractivity contribution is 6.34. The van der Waals surface area contributed by atoms with E-state index in [1.54, 1.807) is 0 Å². The minimum atomic E-state index is -4.72. The number of rotatable bonds is 1. The van der Waals surface area contributed by atoms with E-state index in [9.17, 15) is 18.0 Å². The van der Waals surface area contributed by atoms with E-state index in [-0.39, 0.29) is 5.69 Å². The summed E-state index contributed by atoms with van der Waals surface area (Å²) in [4.78, 5) is 10.8. The highest BCUT2D eigenvalue weighted by Crippen LogP contribution is 2.36. The SMILES string of the molecule is NC(=O)c1c(Cl)cc(N)cc1C(F)(F)F. The largest absolute Gasteiger partial charge is 0.417 e. The van der Waals surface area contributed by atoms with Crippen molar-refractivity contribution in [1.82, 2.24) is 0 Å². The number of benzene rings is 1. The standard InChI is InChI=1S/C8H6ClF3N2O/c9-5-2-3(13)1-4(8(10,11)12)6(5)7(14)15/h1-2H,13H2,(H2,14,15). The second-order valence-electron chi connectivity index (χ2n) is 2.79. The maximum Gasteiger partial charge on any atom is 0.417 e. The summed E-state index contributed by atoms with van der Waals surface area (Å²) in [6, 6.07) is 1.66. The van der Waals surface area contributed by atoms with Crippen LogP contribution in [0.2, 0.25) is 5.02 Å². The molecule has 0 unspecified atom stereocenters. The molecule has 0 radical (unpaired) electrons. The molecule has 15 heavy (non-hydrogen) atoms. The van der Waals surface area contributed by atoms with Crippen molar-refractivity contribution >= 4 is 23.2 Å². The number of nitrogen functional groups attached to an aromatic ring is 1. The summed E-state index contributed by atoms with van der Waals surface area (Å²) >= 11 is 5.45. The van der Waals surface area contributed by atoms with Crippen molar-refractivity contribution in [3.05, 3.63) is 28.3 Å². The molecule has 1 aromatic carbocycles. The first kappa shape index (κ1) is 11.6. The summed E-state index contributed by atoms with van der Waals surface area (Å²) in [5.74, 6) is -1.24. The number of hydrogen-bond donors (Lipinski definition) is 2. The van der Waals surface area contributed by atoms with Gasteiger partial charge in [0.25, 0.3) is 5.91 Å². The first-order chi connectivity index (χ1) is 6.73. The first-order valence-corrected chi connectivity index (χ1v) is 4.07. The van der Waals surface area contributed by atoms with Crippen molar-refractivity contribution in [3.8, 4) is 0 Å². The van der Waals surface area contributed by atoms with E-state index in [4.69, 9.17) is 23.1 Å². The van der Waals surface area contributed by atoms with E-state index < -0.39 is 28.2 Å². The van der Waals surface area contributed by atoms with Crippen LogP contribution in [0.5, 0.6) is 0 Å². The van der Waals surface area contributed by atoms with Crippen LogP contribution < -0.4 is 11.5 Å². The molecule has 0 bridgehead atoms. The number of hydrogen-bond acceptors (Lipinski definition) is 2. The van der Waals surface area contributed by atoms with Crippen LogP contribution in [0.4, 0.5) is 18.9 Å². The van der Waals surface area contributed by atoms with Gasteiger partial charge in [0.1, 0.15) is 0 Å². The Hall–Kier alpha value is -1.43. The van der Waals surface area contributed by atoms with Gasteiger partial charge in [-0.25, -0.2) is 0 Å². The molecule has 0 aliphatic heterocycles. The summed E-state index contributed by atoms with van der Waals surface area (Å²) in [5, 5.41) is -0.408. The first-order valence-electron chi connectivity index (χ1n) is 3.69. The third kappa shape index (κ3) is 2.33. The van der Waals surface area contributed by atoms with Crippen molar-refractivity contribution in [1.29, 1.82) is 0 Å². The molecule has 7 heteroatoms. The molecular weight excluding hydrogens is 233 g/mol. The molecule has 0 saturated carbocycles. The van der Waals surface area contributed by atoms with Gasteiger partial charge >= 0.3 is 6.18 Å². The molecule has 1 rings (SSSR count). The van der Waals surface area contributed by atoms with Crippen LogP contribution >= 0.6 is 11.6 Å². The lowest BCUT2D eigenvalue weighted by atomic mass is 10.1. The van der Waals surface area contributed by atoms with Crippen molar-refractivity contribution in [2.45, 2.75) is 6.18 Å². The molecule has 0 aliphatic carbocycles. The van der Waals surface area contributed by atoms with Crippen molar-refractivity contribution in [2.24, 2.45) is 5.73 Å². The molecule has 1 aromatic rings. The minimum absolute atomic E-state index is 0.183. The predicted octanol–water partition coefficient (Wildman–Crippen LogP) is 2.04. The summed E-state index contributed by atoms with van der Waals surface area (Å²) in [6.45, 7) is 0. The third-order valence-corrected chi connectivity index (χ3v) is 1.96. The molecular formula is C8H6ClF3N2O. The average Bonchev–Trinajstić information content (AvgIpc) is 1.99. The number of anilines is 1. The van der Waals surface area contributed by atoms with Crippen LogP contribution in [-0.4, -0.2) is 5.91 Å². The number of amides is 1. The summed E-state index contributed by atoms with van der Waals surface area (Å²) < 4.78 is 37.3. The van der Waals surface area contributed by atoms with Crippen molar-refractivity contribution in [2.75, 3.05) is 5.73 Å². The van der Waals surface area contributed by atoms with Gasteiger partial charge in [0, 0.05) is 5.69 Å². The Bertz CT molecular complexity index is 417. The van der Waals surface area contributed by atoms with Gasteiger partial charge in [-0.15, -0.1) is 0 Å². The molecule has 0 aliphatic rings. The van der Waals surface area contributed by atoms with Crippen LogP contribution in [0.25, 0.3) is 0 Å². The predicted molar refractivity (Wildman–Crippen MR) is 49.4 cm³/mol. The summed E-state index contributed by atoms with van der Waals surface area (Å²) in [6.07, 6.45) is -4.72. The average molecular weight is 239 g/mol. The van der Waals surface area contributed by atoms with E-state index in [0.29, 0.717) is 6.07 Å². The van der Waals surface area contributed by atoms with Gasteiger partial charge in [0.2, 0.25) is 0 Å². The topological polar surface area (TPSA) is 69.1 Å². The number of primary amides is 1. The van der Waals surface area contributed by atoms with Crippen LogP contribution in [0, 0.1) is 0 Å². The number of nitrogens with two attached hydrogens (primary N) is 2. The van der Waals surface area contributed by atoms with Gasteiger partial charge in [0.15, 0.2) is 0 Å². The van der Waals surface area contributed by atoms with Crippen molar-refractivity contribution < 1.29 is 18.0 Å². The lowest BCUT2D eigenvalue weighted by molar-refractivity contribution is -0.137. The fourth-order valence-corrected chi connectivity index (χ4v) is 1.42. The highest BCUT2D eigenvalue weighted by Gasteiger charge is 2.36. The Kier molecular flexibility index (Phi) is 2.81. The van der Waals surface area contributed by atoms with Crippen LogP contribution in [-0.2, 0) is 6.18 Å². The molecule has 4 N–H and O–H groups in total. The van der Waals surface area contributed by atoms with E-state index in [2.05, 4.69) is 0 Å². The second kappa shape index (κ2) is 3.62. The fraction of sp³-hybridized carbons (Fsp3) is 0.125. The van der Waals surface area contributed by atoms with Gasteiger partial charge in [0.05, 0.1) is 16.1 Å². The zero-order chi connectivity index (χ0) is 11.8. The number of carbonyl (C=O) groups excluding carboxylic acids is 1.